The lowest BCUT2D eigenvalue weighted by Crippen LogP contribution is -2.15. The molecule has 0 aliphatic heterocycles. The lowest BCUT2D eigenvalue weighted by Gasteiger charge is -2.15. The molecular weight excluding hydrogens is 262 g/mol. The normalized spacial score (nSPS) is 12.2. The van der Waals surface area contributed by atoms with Gasteiger partial charge in [-0.2, -0.15) is 0 Å². The van der Waals surface area contributed by atoms with E-state index in [2.05, 4.69) is 19.2 Å². The minimum absolute atomic E-state index is 0.141. The second-order valence-electron chi connectivity index (χ2n) is 4.89. The van der Waals surface area contributed by atoms with Crippen molar-refractivity contribution in [3.8, 4) is 0 Å². The van der Waals surface area contributed by atoms with Gasteiger partial charge in [0.05, 0.1) is 10.6 Å². The summed E-state index contributed by atoms with van der Waals surface area (Å²) in [5.74, 6) is -0.996. The van der Waals surface area contributed by atoms with E-state index in [1.807, 2.05) is 0 Å². The fourth-order valence-electron chi connectivity index (χ4n) is 2.01. The van der Waals surface area contributed by atoms with Gasteiger partial charge in [0.1, 0.15) is 0 Å². The van der Waals surface area contributed by atoms with Gasteiger partial charge in [-0.25, -0.2) is 4.79 Å². The molecule has 0 aliphatic rings. The monoisotopic (exact) mass is 283 g/mol. The van der Waals surface area contributed by atoms with Crippen LogP contribution in [-0.2, 0) is 0 Å². The molecule has 1 unspecified atom stereocenters. The van der Waals surface area contributed by atoms with Gasteiger partial charge >= 0.3 is 5.97 Å². The Morgan fingerprint density at radius 3 is 2.68 bits per heavy atom. The SMILES string of the molecule is CCCCCCC(C)Nc1ccc(C(=O)O)c(Cl)c1. The van der Waals surface area contributed by atoms with Gasteiger partial charge in [-0.05, 0) is 31.5 Å². The summed E-state index contributed by atoms with van der Waals surface area (Å²) in [6.07, 6.45) is 6.11. The number of carbonyl (C=O) groups is 1. The Kier molecular flexibility index (Phi) is 6.71. The Morgan fingerprint density at radius 1 is 1.37 bits per heavy atom. The number of carboxylic acids is 1. The lowest BCUT2D eigenvalue weighted by molar-refractivity contribution is 0.0697. The quantitative estimate of drug-likeness (QED) is 0.673. The third-order valence-corrected chi connectivity index (χ3v) is 3.42. The molecule has 1 rings (SSSR count). The molecule has 2 N–H and O–H groups in total. The number of hydrogen-bond donors (Lipinski definition) is 2. The van der Waals surface area contributed by atoms with Gasteiger partial charge in [-0.3, -0.25) is 0 Å². The summed E-state index contributed by atoms with van der Waals surface area (Å²) < 4.78 is 0. The predicted octanol–water partition coefficient (Wildman–Crippen LogP) is 4.81. The Hall–Kier alpha value is -1.22. The van der Waals surface area contributed by atoms with Crippen LogP contribution in [0.25, 0.3) is 0 Å². The van der Waals surface area contributed by atoms with E-state index >= 15 is 0 Å². The average molecular weight is 284 g/mol. The standard InChI is InChI=1S/C15H22ClNO2/c1-3-4-5-6-7-11(2)17-12-8-9-13(15(18)19)14(16)10-12/h8-11,17H,3-7H2,1-2H3,(H,18,19). The Bertz CT molecular complexity index is 421. The van der Waals surface area contributed by atoms with Crippen molar-refractivity contribution in [1.29, 1.82) is 0 Å². The molecule has 1 atom stereocenters. The summed E-state index contributed by atoms with van der Waals surface area (Å²) in [6.45, 7) is 4.33. The number of aromatic carboxylic acids is 1. The van der Waals surface area contributed by atoms with Crippen LogP contribution in [0.15, 0.2) is 18.2 Å². The van der Waals surface area contributed by atoms with E-state index in [4.69, 9.17) is 16.7 Å². The van der Waals surface area contributed by atoms with Crippen molar-refractivity contribution in [1.82, 2.24) is 0 Å². The molecule has 0 bridgehead atoms. The summed E-state index contributed by atoms with van der Waals surface area (Å²) in [7, 11) is 0. The zero-order valence-corrected chi connectivity index (χ0v) is 12.3. The van der Waals surface area contributed by atoms with E-state index in [9.17, 15) is 4.79 Å². The lowest BCUT2D eigenvalue weighted by atomic mass is 10.1. The van der Waals surface area contributed by atoms with Crippen molar-refractivity contribution in [2.24, 2.45) is 0 Å². The molecule has 0 aliphatic carbocycles. The van der Waals surface area contributed by atoms with Crippen LogP contribution in [0.4, 0.5) is 5.69 Å². The fraction of sp³-hybridized carbons (Fsp3) is 0.533. The van der Waals surface area contributed by atoms with Gasteiger partial charge in [0.25, 0.3) is 0 Å². The van der Waals surface area contributed by atoms with Crippen molar-refractivity contribution in [2.45, 2.75) is 52.0 Å². The summed E-state index contributed by atoms with van der Waals surface area (Å²) in [5.41, 5.74) is 1.01. The van der Waals surface area contributed by atoms with Gasteiger partial charge in [-0.1, -0.05) is 44.2 Å². The molecule has 0 saturated carbocycles. The molecule has 0 heterocycles. The predicted molar refractivity (Wildman–Crippen MR) is 80.3 cm³/mol. The van der Waals surface area contributed by atoms with E-state index in [1.54, 1.807) is 12.1 Å². The number of rotatable bonds is 8. The Labute approximate surface area is 120 Å². The van der Waals surface area contributed by atoms with E-state index in [0.717, 1.165) is 12.1 Å². The molecule has 0 radical (unpaired) electrons. The zero-order chi connectivity index (χ0) is 14.3. The van der Waals surface area contributed by atoms with Crippen LogP contribution < -0.4 is 5.32 Å². The van der Waals surface area contributed by atoms with Crippen LogP contribution in [0.2, 0.25) is 5.02 Å². The fourth-order valence-corrected chi connectivity index (χ4v) is 2.27. The minimum atomic E-state index is -0.996. The molecule has 19 heavy (non-hydrogen) atoms. The number of carboxylic acid groups (broad SMARTS) is 1. The van der Waals surface area contributed by atoms with Crippen molar-refractivity contribution in [3.05, 3.63) is 28.8 Å². The van der Waals surface area contributed by atoms with Gasteiger partial charge < -0.3 is 10.4 Å². The molecular formula is C15H22ClNO2. The second kappa shape index (κ2) is 8.05. The maximum Gasteiger partial charge on any atom is 0.337 e. The van der Waals surface area contributed by atoms with Crippen molar-refractivity contribution < 1.29 is 9.90 Å². The number of unbranched alkanes of at least 4 members (excludes halogenated alkanes) is 3. The molecule has 0 amide bonds. The van der Waals surface area contributed by atoms with Crippen molar-refractivity contribution in [2.75, 3.05) is 5.32 Å². The van der Waals surface area contributed by atoms with Gasteiger partial charge in [0.15, 0.2) is 0 Å². The molecule has 0 fully saturated rings. The molecule has 0 saturated heterocycles. The molecule has 3 nitrogen and oxygen atoms in total. The smallest absolute Gasteiger partial charge is 0.337 e. The maximum absolute atomic E-state index is 10.9. The molecule has 1 aromatic carbocycles. The highest BCUT2D eigenvalue weighted by Gasteiger charge is 2.09. The first-order valence-corrected chi connectivity index (χ1v) is 7.21. The molecule has 106 valence electrons. The first-order valence-electron chi connectivity index (χ1n) is 6.84. The van der Waals surface area contributed by atoms with Gasteiger partial charge in [0.2, 0.25) is 0 Å². The van der Waals surface area contributed by atoms with Crippen LogP contribution in [-0.4, -0.2) is 17.1 Å². The Morgan fingerprint density at radius 2 is 2.11 bits per heavy atom. The molecule has 0 aromatic heterocycles. The topological polar surface area (TPSA) is 49.3 Å². The second-order valence-corrected chi connectivity index (χ2v) is 5.30. The van der Waals surface area contributed by atoms with E-state index in [0.29, 0.717) is 6.04 Å². The van der Waals surface area contributed by atoms with E-state index in [-0.39, 0.29) is 10.6 Å². The largest absolute Gasteiger partial charge is 0.478 e. The first kappa shape index (κ1) is 15.8. The van der Waals surface area contributed by atoms with Crippen LogP contribution in [0.1, 0.15) is 56.3 Å². The number of benzene rings is 1. The highest BCUT2D eigenvalue weighted by molar-refractivity contribution is 6.33. The summed E-state index contributed by atoms with van der Waals surface area (Å²) in [4.78, 5) is 10.9. The number of nitrogens with one attached hydrogen (secondary N) is 1. The number of halogens is 1. The Balaban J connectivity index is 2.48. The van der Waals surface area contributed by atoms with Gasteiger partial charge in [0, 0.05) is 11.7 Å². The van der Waals surface area contributed by atoms with Crippen LogP contribution in [0.5, 0.6) is 0 Å². The van der Waals surface area contributed by atoms with Crippen LogP contribution in [0.3, 0.4) is 0 Å². The number of hydrogen-bond acceptors (Lipinski definition) is 2. The van der Waals surface area contributed by atoms with Crippen LogP contribution >= 0.6 is 11.6 Å². The minimum Gasteiger partial charge on any atom is -0.478 e. The molecule has 0 spiro atoms. The van der Waals surface area contributed by atoms with Crippen molar-refractivity contribution in [3.63, 3.8) is 0 Å². The summed E-state index contributed by atoms with van der Waals surface area (Å²) >= 11 is 5.93. The summed E-state index contributed by atoms with van der Waals surface area (Å²) in [6, 6.07) is 5.34. The highest BCUT2D eigenvalue weighted by Crippen LogP contribution is 2.22. The number of anilines is 1. The molecule has 4 heteroatoms. The molecule has 1 aromatic rings. The van der Waals surface area contributed by atoms with Crippen LogP contribution in [0, 0.1) is 0 Å². The zero-order valence-electron chi connectivity index (χ0n) is 11.6. The van der Waals surface area contributed by atoms with E-state index in [1.165, 1.54) is 31.7 Å². The highest BCUT2D eigenvalue weighted by atomic mass is 35.5. The van der Waals surface area contributed by atoms with Crippen molar-refractivity contribution >= 4 is 23.3 Å². The maximum atomic E-state index is 10.9. The summed E-state index contributed by atoms with van der Waals surface area (Å²) in [5, 5.41) is 12.5. The first-order chi connectivity index (χ1) is 9.04. The third kappa shape index (κ3) is 5.52. The average Bonchev–Trinajstić information content (AvgIpc) is 2.34. The van der Waals surface area contributed by atoms with Gasteiger partial charge in [-0.15, -0.1) is 0 Å². The van der Waals surface area contributed by atoms with E-state index < -0.39 is 5.97 Å². The third-order valence-electron chi connectivity index (χ3n) is 3.10.